The van der Waals surface area contributed by atoms with Crippen LogP contribution in [0, 0.1) is 6.92 Å². The highest BCUT2D eigenvalue weighted by Crippen LogP contribution is 2.17. The second-order valence-electron chi connectivity index (χ2n) is 5.84. The number of fused-ring (bicyclic) bond motifs is 1. The molecule has 0 radical (unpaired) electrons. The highest BCUT2D eigenvalue weighted by Gasteiger charge is 2.16. The van der Waals surface area contributed by atoms with Crippen LogP contribution in [0.25, 0.3) is 11.0 Å². The molecule has 2 aromatic rings. The number of likely N-dealkylation sites (tertiary alicyclic amines) is 1. The molecule has 4 nitrogen and oxygen atoms in total. The first-order valence-corrected chi connectivity index (χ1v) is 7.95. The minimum Gasteiger partial charge on any atom is -0.343 e. The van der Waals surface area contributed by atoms with Crippen molar-refractivity contribution >= 4 is 16.9 Å². The molecule has 2 heterocycles. The Bertz CT molecular complexity index is 624. The third kappa shape index (κ3) is 3.09. The maximum Gasteiger partial charge on any atom is 0.224 e. The van der Waals surface area contributed by atoms with Crippen LogP contribution in [-0.4, -0.2) is 33.4 Å². The monoisotopic (exact) mass is 285 g/mol. The molecule has 1 aromatic heterocycles. The summed E-state index contributed by atoms with van der Waals surface area (Å²) in [5.41, 5.74) is 2.14. The van der Waals surface area contributed by atoms with Gasteiger partial charge in [-0.15, -0.1) is 0 Å². The summed E-state index contributed by atoms with van der Waals surface area (Å²) in [6, 6.07) is 8.12. The van der Waals surface area contributed by atoms with E-state index in [4.69, 9.17) is 0 Å². The Labute approximate surface area is 125 Å². The number of hydrogen-bond acceptors (Lipinski definition) is 2. The lowest BCUT2D eigenvalue weighted by molar-refractivity contribution is -0.131. The zero-order valence-electron chi connectivity index (χ0n) is 12.7. The van der Waals surface area contributed by atoms with Crippen LogP contribution in [0.3, 0.4) is 0 Å². The molecule has 112 valence electrons. The molecule has 1 aliphatic rings. The van der Waals surface area contributed by atoms with Crippen molar-refractivity contribution in [1.82, 2.24) is 14.5 Å². The zero-order valence-corrected chi connectivity index (χ0v) is 12.7. The van der Waals surface area contributed by atoms with Crippen molar-refractivity contribution in [3.8, 4) is 0 Å². The van der Waals surface area contributed by atoms with E-state index in [0.717, 1.165) is 49.3 Å². The molecule has 0 atom stereocenters. The summed E-state index contributed by atoms with van der Waals surface area (Å²) >= 11 is 0. The molecule has 4 heteroatoms. The predicted octanol–water partition coefficient (Wildman–Crippen LogP) is 3.14. The van der Waals surface area contributed by atoms with Gasteiger partial charge in [0.25, 0.3) is 0 Å². The van der Waals surface area contributed by atoms with Gasteiger partial charge in [-0.3, -0.25) is 4.79 Å². The zero-order chi connectivity index (χ0) is 14.7. The van der Waals surface area contributed by atoms with E-state index in [0.29, 0.717) is 6.42 Å². The van der Waals surface area contributed by atoms with Crippen LogP contribution in [0.1, 0.15) is 37.9 Å². The van der Waals surface area contributed by atoms with E-state index < -0.39 is 0 Å². The first-order chi connectivity index (χ1) is 10.3. The van der Waals surface area contributed by atoms with Gasteiger partial charge in [-0.2, -0.15) is 0 Å². The third-order valence-electron chi connectivity index (χ3n) is 4.35. The number of para-hydroxylation sites is 2. The van der Waals surface area contributed by atoms with Crippen LogP contribution in [-0.2, 0) is 11.3 Å². The molecule has 1 saturated heterocycles. The molecule has 1 aliphatic heterocycles. The fraction of sp³-hybridized carbons (Fsp3) is 0.529. The molecule has 1 amide bonds. The lowest BCUT2D eigenvalue weighted by atomic mass is 10.2. The number of carbonyl (C=O) groups excluding carboxylic acids is 1. The number of aromatic nitrogens is 2. The van der Waals surface area contributed by atoms with Gasteiger partial charge in [-0.25, -0.2) is 4.98 Å². The van der Waals surface area contributed by atoms with Crippen molar-refractivity contribution in [2.45, 2.75) is 45.6 Å². The molecule has 3 rings (SSSR count). The van der Waals surface area contributed by atoms with Crippen molar-refractivity contribution in [2.75, 3.05) is 13.1 Å². The van der Waals surface area contributed by atoms with Gasteiger partial charge in [0.1, 0.15) is 5.82 Å². The summed E-state index contributed by atoms with van der Waals surface area (Å²) in [6.45, 7) is 4.60. The lowest BCUT2D eigenvalue weighted by Gasteiger charge is -2.20. The SMILES string of the molecule is Cc1nc2ccccc2n1CCC(=O)N1CCCCCC1. The standard InChI is InChI=1S/C17H23N3O/c1-14-18-15-8-4-5-9-16(15)20(14)13-10-17(21)19-11-6-2-3-7-12-19/h4-5,8-9H,2-3,6-7,10-13H2,1H3. The van der Waals surface area contributed by atoms with Gasteiger partial charge in [-0.05, 0) is 31.9 Å². The van der Waals surface area contributed by atoms with Gasteiger partial charge in [0, 0.05) is 26.1 Å². The number of hydrogen-bond donors (Lipinski definition) is 0. The predicted molar refractivity (Wildman–Crippen MR) is 84.1 cm³/mol. The average Bonchev–Trinajstić information content (AvgIpc) is 2.68. The number of benzene rings is 1. The summed E-state index contributed by atoms with van der Waals surface area (Å²) in [4.78, 5) is 19.0. The highest BCUT2D eigenvalue weighted by molar-refractivity contribution is 5.78. The molecule has 0 bridgehead atoms. The highest BCUT2D eigenvalue weighted by atomic mass is 16.2. The molecular formula is C17H23N3O. The second kappa shape index (κ2) is 6.29. The van der Waals surface area contributed by atoms with Gasteiger partial charge >= 0.3 is 0 Å². The fourth-order valence-electron chi connectivity index (χ4n) is 3.16. The molecule has 1 fully saturated rings. The van der Waals surface area contributed by atoms with Crippen molar-refractivity contribution in [3.05, 3.63) is 30.1 Å². The molecule has 0 aliphatic carbocycles. The normalized spacial score (nSPS) is 16.1. The van der Waals surface area contributed by atoms with Crippen molar-refractivity contribution < 1.29 is 4.79 Å². The Kier molecular flexibility index (Phi) is 4.23. The molecule has 0 spiro atoms. The molecule has 1 aromatic carbocycles. The number of aryl methyl sites for hydroxylation is 2. The topological polar surface area (TPSA) is 38.1 Å². The Hall–Kier alpha value is -1.84. The Balaban J connectivity index is 1.68. The van der Waals surface area contributed by atoms with E-state index in [-0.39, 0.29) is 5.91 Å². The average molecular weight is 285 g/mol. The first-order valence-electron chi connectivity index (χ1n) is 7.95. The maximum atomic E-state index is 12.4. The van der Waals surface area contributed by atoms with E-state index in [9.17, 15) is 4.79 Å². The second-order valence-corrected chi connectivity index (χ2v) is 5.84. The van der Waals surface area contributed by atoms with Gasteiger partial charge in [0.05, 0.1) is 11.0 Å². The number of rotatable bonds is 3. The van der Waals surface area contributed by atoms with Crippen molar-refractivity contribution in [1.29, 1.82) is 0 Å². The Morgan fingerprint density at radius 1 is 1.14 bits per heavy atom. The van der Waals surface area contributed by atoms with E-state index >= 15 is 0 Å². The maximum absolute atomic E-state index is 12.4. The van der Waals surface area contributed by atoms with Crippen molar-refractivity contribution in [2.24, 2.45) is 0 Å². The largest absolute Gasteiger partial charge is 0.343 e. The van der Waals surface area contributed by atoms with Gasteiger partial charge < -0.3 is 9.47 Å². The molecule has 21 heavy (non-hydrogen) atoms. The fourth-order valence-corrected chi connectivity index (χ4v) is 3.16. The van der Waals surface area contributed by atoms with E-state index in [2.05, 4.69) is 15.6 Å². The van der Waals surface area contributed by atoms with Gasteiger partial charge in [-0.1, -0.05) is 25.0 Å². The first kappa shape index (κ1) is 14.1. The summed E-state index contributed by atoms with van der Waals surface area (Å²) in [5, 5.41) is 0. The van der Waals surface area contributed by atoms with Gasteiger partial charge in [0.15, 0.2) is 0 Å². The molecule has 0 unspecified atom stereocenters. The number of carbonyl (C=O) groups is 1. The molecular weight excluding hydrogens is 262 g/mol. The van der Waals surface area contributed by atoms with Gasteiger partial charge in [0.2, 0.25) is 5.91 Å². The third-order valence-corrected chi connectivity index (χ3v) is 4.35. The Morgan fingerprint density at radius 2 is 1.86 bits per heavy atom. The summed E-state index contributed by atoms with van der Waals surface area (Å²) in [5.74, 6) is 1.27. The van der Waals surface area contributed by atoms with Crippen LogP contribution >= 0.6 is 0 Å². The van der Waals surface area contributed by atoms with E-state index in [1.807, 2.05) is 30.0 Å². The lowest BCUT2D eigenvalue weighted by Crippen LogP contribution is -2.32. The number of nitrogens with zero attached hydrogens (tertiary/aromatic N) is 3. The summed E-state index contributed by atoms with van der Waals surface area (Å²) in [7, 11) is 0. The Morgan fingerprint density at radius 3 is 2.62 bits per heavy atom. The van der Waals surface area contributed by atoms with E-state index in [1.165, 1.54) is 12.8 Å². The number of imidazole rings is 1. The van der Waals surface area contributed by atoms with Crippen LogP contribution in [0.4, 0.5) is 0 Å². The molecule has 0 saturated carbocycles. The summed E-state index contributed by atoms with van der Waals surface area (Å²) in [6.07, 6.45) is 5.39. The van der Waals surface area contributed by atoms with E-state index in [1.54, 1.807) is 0 Å². The minimum absolute atomic E-state index is 0.286. The van der Waals surface area contributed by atoms with Crippen LogP contribution in [0.15, 0.2) is 24.3 Å². The summed E-state index contributed by atoms with van der Waals surface area (Å²) < 4.78 is 2.16. The number of amides is 1. The van der Waals surface area contributed by atoms with Crippen LogP contribution in [0.5, 0.6) is 0 Å². The minimum atomic E-state index is 0.286. The van der Waals surface area contributed by atoms with Crippen LogP contribution < -0.4 is 0 Å². The van der Waals surface area contributed by atoms with Crippen molar-refractivity contribution in [3.63, 3.8) is 0 Å². The van der Waals surface area contributed by atoms with Crippen LogP contribution in [0.2, 0.25) is 0 Å². The quantitative estimate of drug-likeness (QED) is 0.869. The molecule has 0 N–H and O–H groups in total. The smallest absolute Gasteiger partial charge is 0.224 e.